The molecule has 0 aliphatic rings. The van der Waals surface area contributed by atoms with Crippen LogP contribution in [0.15, 0.2) is 38.9 Å². The van der Waals surface area contributed by atoms with E-state index in [2.05, 4.69) is 20.9 Å². The summed E-state index contributed by atoms with van der Waals surface area (Å²) in [5, 5.41) is 10.0. The summed E-state index contributed by atoms with van der Waals surface area (Å²) in [4.78, 5) is 15.7. The highest BCUT2D eigenvalue weighted by molar-refractivity contribution is 9.11. The van der Waals surface area contributed by atoms with Gasteiger partial charge in [-0.15, -0.1) is 11.3 Å². The number of aromatic carboxylic acids is 1. The molecule has 0 spiro atoms. The number of hydrogen-bond donors (Lipinski definition) is 1. The van der Waals surface area contributed by atoms with E-state index in [4.69, 9.17) is 9.52 Å². The molecular formula is C12H6BrNO3S. The van der Waals surface area contributed by atoms with Crippen molar-refractivity contribution in [2.45, 2.75) is 0 Å². The van der Waals surface area contributed by atoms with Gasteiger partial charge < -0.3 is 9.52 Å². The SMILES string of the molecule is O=C(O)c1nc(Br)sc1-c1coc2ccccc12. The van der Waals surface area contributed by atoms with Crippen LogP contribution in [0.25, 0.3) is 21.4 Å². The number of fused-ring (bicyclic) bond motifs is 1. The normalized spacial score (nSPS) is 10.9. The number of halogens is 1. The van der Waals surface area contributed by atoms with Gasteiger partial charge in [0.25, 0.3) is 0 Å². The summed E-state index contributed by atoms with van der Waals surface area (Å²) in [5.41, 5.74) is 1.53. The van der Waals surface area contributed by atoms with Gasteiger partial charge in [-0.25, -0.2) is 9.78 Å². The van der Waals surface area contributed by atoms with Gasteiger partial charge in [-0.2, -0.15) is 0 Å². The molecule has 0 saturated heterocycles. The summed E-state index contributed by atoms with van der Waals surface area (Å²) in [6, 6.07) is 7.50. The molecule has 0 unspecified atom stereocenters. The lowest BCUT2D eigenvalue weighted by atomic mass is 10.1. The first-order valence-electron chi connectivity index (χ1n) is 5.03. The van der Waals surface area contributed by atoms with Crippen LogP contribution in [0, 0.1) is 0 Å². The van der Waals surface area contributed by atoms with Crippen molar-refractivity contribution in [1.82, 2.24) is 4.98 Å². The number of hydrogen-bond acceptors (Lipinski definition) is 4. The van der Waals surface area contributed by atoms with Gasteiger partial charge >= 0.3 is 5.97 Å². The average Bonchev–Trinajstić information content (AvgIpc) is 2.92. The Kier molecular flexibility index (Phi) is 2.68. The zero-order valence-electron chi connectivity index (χ0n) is 8.88. The fourth-order valence-electron chi connectivity index (χ4n) is 1.78. The standard InChI is InChI=1S/C12H6BrNO3S/c13-12-14-9(11(15)16)10(18-12)7-5-17-8-4-2-1-3-6(7)8/h1-5H,(H,15,16). The average molecular weight is 324 g/mol. The van der Waals surface area contributed by atoms with E-state index in [1.165, 1.54) is 11.3 Å². The molecule has 0 aliphatic carbocycles. The zero-order valence-corrected chi connectivity index (χ0v) is 11.3. The summed E-state index contributed by atoms with van der Waals surface area (Å²) in [6.45, 7) is 0. The van der Waals surface area contributed by atoms with Gasteiger partial charge in [0.05, 0.1) is 4.88 Å². The lowest BCUT2D eigenvalue weighted by Gasteiger charge is -1.95. The van der Waals surface area contributed by atoms with E-state index >= 15 is 0 Å². The number of aromatic nitrogens is 1. The van der Waals surface area contributed by atoms with Gasteiger partial charge in [0.1, 0.15) is 11.8 Å². The van der Waals surface area contributed by atoms with Gasteiger partial charge in [-0.1, -0.05) is 18.2 Å². The van der Waals surface area contributed by atoms with Crippen LogP contribution >= 0.6 is 27.3 Å². The number of carboxylic acid groups (broad SMARTS) is 1. The van der Waals surface area contributed by atoms with Gasteiger partial charge in [0.15, 0.2) is 9.61 Å². The van der Waals surface area contributed by atoms with E-state index < -0.39 is 5.97 Å². The van der Waals surface area contributed by atoms with Crippen LogP contribution in [0.3, 0.4) is 0 Å². The lowest BCUT2D eigenvalue weighted by molar-refractivity contribution is 0.0692. The van der Waals surface area contributed by atoms with Gasteiger partial charge in [-0.3, -0.25) is 0 Å². The molecule has 1 aromatic carbocycles. The van der Waals surface area contributed by atoms with E-state index in [9.17, 15) is 4.79 Å². The van der Waals surface area contributed by atoms with Crippen molar-refractivity contribution in [1.29, 1.82) is 0 Å². The van der Waals surface area contributed by atoms with Crippen LogP contribution in [0.4, 0.5) is 0 Å². The van der Waals surface area contributed by atoms with Crippen LogP contribution in [0.5, 0.6) is 0 Å². The summed E-state index contributed by atoms with van der Waals surface area (Å²) < 4.78 is 5.96. The Hall–Kier alpha value is -1.66. The smallest absolute Gasteiger partial charge is 0.356 e. The number of para-hydroxylation sites is 1. The first kappa shape index (κ1) is 11.4. The Bertz CT molecular complexity index is 747. The zero-order chi connectivity index (χ0) is 12.7. The topological polar surface area (TPSA) is 63.3 Å². The molecule has 18 heavy (non-hydrogen) atoms. The second kappa shape index (κ2) is 4.22. The molecule has 0 fully saturated rings. The van der Waals surface area contributed by atoms with Crippen molar-refractivity contribution in [2.24, 2.45) is 0 Å². The highest BCUT2D eigenvalue weighted by Gasteiger charge is 2.20. The minimum absolute atomic E-state index is 0.0402. The number of furan rings is 1. The van der Waals surface area contributed by atoms with Crippen molar-refractivity contribution in [3.63, 3.8) is 0 Å². The second-order valence-electron chi connectivity index (χ2n) is 3.60. The van der Waals surface area contributed by atoms with E-state index in [0.29, 0.717) is 8.79 Å². The number of carboxylic acids is 1. The van der Waals surface area contributed by atoms with E-state index in [-0.39, 0.29) is 5.69 Å². The predicted octanol–water partition coefficient (Wildman–Crippen LogP) is 4.02. The fraction of sp³-hybridized carbons (Fsp3) is 0. The summed E-state index contributed by atoms with van der Waals surface area (Å²) in [7, 11) is 0. The third-order valence-electron chi connectivity index (χ3n) is 2.53. The summed E-state index contributed by atoms with van der Waals surface area (Å²) >= 11 is 4.49. The second-order valence-corrected chi connectivity index (χ2v) is 5.87. The molecule has 0 atom stereocenters. The Morgan fingerprint density at radius 1 is 1.39 bits per heavy atom. The summed E-state index contributed by atoms with van der Waals surface area (Å²) in [5.74, 6) is -1.04. The highest BCUT2D eigenvalue weighted by Crippen LogP contribution is 2.38. The first-order chi connectivity index (χ1) is 8.66. The minimum atomic E-state index is -1.04. The summed E-state index contributed by atoms with van der Waals surface area (Å²) in [6.07, 6.45) is 1.57. The molecular weight excluding hydrogens is 318 g/mol. The van der Waals surface area contributed by atoms with Crippen molar-refractivity contribution in [2.75, 3.05) is 0 Å². The molecule has 1 N–H and O–H groups in total. The predicted molar refractivity (Wildman–Crippen MR) is 72.0 cm³/mol. The number of thiazole rings is 1. The minimum Gasteiger partial charge on any atom is -0.476 e. The molecule has 0 amide bonds. The third-order valence-corrected chi connectivity index (χ3v) is 4.07. The van der Waals surface area contributed by atoms with Gasteiger partial charge in [-0.05, 0) is 22.0 Å². The molecule has 2 heterocycles. The quantitative estimate of drug-likeness (QED) is 0.773. The molecule has 3 rings (SSSR count). The Balaban J connectivity index is 2.29. The molecule has 0 aliphatic heterocycles. The molecule has 6 heteroatoms. The van der Waals surface area contributed by atoms with Crippen LogP contribution < -0.4 is 0 Å². The molecule has 90 valence electrons. The van der Waals surface area contributed by atoms with Crippen LogP contribution in [-0.4, -0.2) is 16.1 Å². The molecule has 4 nitrogen and oxygen atoms in total. The Morgan fingerprint density at radius 3 is 2.94 bits per heavy atom. The molecule has 3 aromatic rings. The largest absolute Gasteiger partial charge is 0.476 e. The molecule has 0 saturated carbocycles. The molecule has 0 radical (unpaired) electrons. The maximum atomic E-state index is 11.2. The fourth-order valence-corrected chi connectivity index (χ4v) is 3.24. The Labute approximate surface area is 114 Å². The van der Waals surface area contributed by atoms with Gasteiger partial charge in [0.2, 0.25) is 0 Å². The van der Waals surface area contributed by atoms with Crippen LogP contribution in [0.2, 0.25) is 0 Å². The molecule has 0 bridgehead atoms. The number of rotatable bonds is 2. The van der Waals surface area contributed by atoms with E-state index in [1.807, 2.05) is 24.3 Å². The van der Waals surface area contributed by atoms with Crippen molar-refractivity contribution in [3.05, 3.63) is 40.1 Å². The van der Waals surface area contributed by atoms with E-state index in [1.54, 1.807) is 6.26 Å². The van der Waals surface area contributed by atoms with Gasteiger partial charge in [0, 0.05) is 10.9 Å². The maximum Gasteiger partial charge on any atom is 0.356 e. The maximum absolute atomic E-state index is 11.2. The van der Waals surface area contributed by atoms with E-state index in [0.717, 1.165) is 16.5 Å². The third kappa shape index (κ3) is 1.74. The van der Waals surface area contributed by atoms with Crippen molar-refractivity contribution >= 4 is 44.2 Å². The number of benzene rings is 1. The monoisotopic (exact) mass is 323 g/mol. The van der Waals surface area contributed by atoms with Crippen molar-refractivity contribution in [3.8, 4) is 10.4 Å². The van der Waals surface area contributed by atoms with Crippen LogP contribution in [-0.2, 0) is 0 Å². The highest BCUT2D eigenvalue weighted by atomic mass is 79.9. The number of carbonyl (C=O) groups is 1. The first-order valence-corrected chi connectivity index (χ1v) is 6.64. The molecule has 2 aromatic heterocycles. The van der Waals surface area contributed by atoms with Crippen LogP contribution in [0.1, 0.15) is 10.5 Å². The Morgan fingerprint density at radius 2 is 2.17 bits per heavy atom. The lowest BCUT2D eigenvalue weighted by Crippen LogP contribution is -1.98. The van der Waals surface area contributed by atoms with Crippen molar-refractivity contribution < 1.29 is 14.3 Å². The number of nitrogens with zero attached hydrogens (tertiary/aromatic N) is 1.